The van der Waals surface area contributed by atoms with Gasteiger partial charge in [-0.15, -0.1) is 0 Å². The molecule has 2 heteroatoms. The minimum absolute atomic E-state index is 0.457. The maximum Gasteiger partial charge on any atom is 0.122 e. The zero-order chi connectivity index (χ0) is 17.1. The number of nitrogens with zero attached hydrogens (tertiary/aromatic N) is 1. The third kappa shape index (κ3) is 2.19. The van der Waals surface area contributed by atoms with Crippen LogP contribution in [-0.2, 0) is 6.42 Å². The van der Waals surface area contributed by atoms with Crippen molar-refractivity contribution in [3.05, 3.63) is 47.2 Å². The van der Waals surface area contributed by atoms with E-state index in [9.17, 15) is 0 Å². The van der Waals surface area contributed by atoms with Crippen molar-refractivity contribution in [3.8, 4) is 17.0 Å². The summed E-state index contributed by atoms with van der Waals surface area (Å²) in [5, 5.41) is 0. The summed E-state index contributed by atoms with van der Waals surface area (Å²) in [5.41, 5.74) is 6.92. The fourth-order valence-electron chi connectivity index (χ4n) is 4.66. The van der Waals surface area contributed by atoms with Crippen LogP contribution in [0.5, 0.6) is 5.75 Å². The van der Waals surface area contributed by atoms with Crippen molar-refractivity contribution in [2.24, 2.45) is 11.3 Å². The normalized spacial score (nSPS) is 23.6. The van der Waals surface area contributed by atoms with Crippen molar-refractivity contribution >= 4 is 0 Å². The van der Waals surface area contributed by atoms with Crippen molar-refractivity contribution in [1.82, 2.24) is 4.98 Å². The molecule has 3 aliphatic carbocycles. The summed E-state index contributed by atoms with van der Waals surface area (Å²) in [7, 11) is 1.75. The van der Waals surface area contributed by atoms with E-state index in [-0.39, 0.29) is 0 Å². The van der Waals surface area contributed by atoms with Crippen LogP contribution in [0.4, 0.5) is 0 Å². The molecule has 0 saturated heterocycles. The molecule has 0 amide bonds. The molecule has 1 heterocycles. The van der Waals surface area contributed by atoms with Crippen molar-refractivity contribution in [3.63, 3.8) is 0 Å². The number of rotatable bonds is 3. The molecule has 24 heavy (non-hydrogen) atoms. The SMILES string of the molecule is COc1cc(-c2cc3c(cn2)[C@@H]2C[C@H](C3)C2(C)C)ccc1C(C)C. The summed E-state index contributed by atoms with van der Waals surface area (Å²) < 4.78 is 5.61. The van der Waals surface area contributed by atoms with Crippen LogP contribution in [0.3, 0.4) is 0 Å². The van der Waals surface area contributed by atoms with Crippen molar-refractivity contribution in [1.29, 1.82) is 0 Å². The minimum Gasteiger partial charge on any atom is -0.496 e. The second-order valence-corrected chi connectivity index (χ2v) is 8.39. The molecule has 2 aromatic rings. The highest BCUT2D eigenvalue weighted by Gasteiger charge is 2.52. The predicted molar refractivity (Wildman–Crippen MR) is 98.6 cm³/mol. The third-order valence-corrected chi connectivity index (χ3v) is 6.49. The van der Waals surface area contributed by atoms with Crippen LogP contribution in [0.15, 0.2) is 30.5 Å². The molecule has 2 bridgehead atoms. The van der Waals surface area contributed by atoms with Crippen molar-refractivity contribution < 1.29 is 4.74 Å². The van der Waals surface area contributed by atoms with Crippen LogP contribution < -0.4 is 4.74 Å². The van der Waals surface area contributed by atoms with Crippen LogP contribution in [0.1, 0.15) is 62.6 Å². The second-order valence-electron chi connectivity index (χ2n) is 8.39. The predicted octanol–water partition coefficient (Wildman–Crippen LogP) is 5.57. The van der Waals surface area contributed by atoms with E-state index in [2.05, 4.69) is 58.2 Å². The molecule has 1 fully saturated rings. The van der Waals surface area contributed by atoms with E-state index in [4.69, 9.17) is 9.72 Å². The number of methoxy groups -OCH3 is 1. The standard InChI is InChI=1S/C22H27NO/c1-13(2)17-7-6-14(10-21(17)24-5)20-9-15-8-16-11-19(22(16,3)4)18(15)12-23-20/h6-7,9-10,12-13,16,19H,8,11H2,1-5H3/t16-,19-/m0/s1. The summed E-state index contributed by atoms with van der Waals surface area (Å²) >= 11 is 0. The lowest BCUT2D eigenvalue weighted by molar-refractivity contribution is 0.0183. The van der Waals surface area contributed by atoms with Crippen LogP contribution in [-0.4, -0.2) is 12.1 Å². The highest BCUT2D eigenvalue weighted by Crippen LogP contribution is 2.62. The molecule has 3 aliphatic rings. The first kappa shape index (κ1) is 15.7. The summed E-state index contributed by atoms with van der Waals surface area (Å²) in [5.74, 6) is 2.96. The van der Waals surface area contributed by atoms with Gasteiger partial charge in [-0.25, -0.2) is 0 Å². The number of hydrogen-bond donors (Lipinski definition) is 0. The summed E-state index contributed by atoms with van der Waals surface area (Å²) in [6.07, 6.45) is 4.68. The molecule has 5 rings (SSSR count). The van der Waals surface area contributed by atoms with Gasteiger partial charge in [-0.2, -0.15) is 0 Å². The largest absolute Gasteiger partial charge is 0.496 e. The molecule has 2 atom stereocenters. The Labute approximate surface area is 145 Å². The van der Waals surface area contributed by atoms with Gasteiger partial charge in [-0.05, 0) is 64.8 Å². The van der Waals surface area contributed by atoms with E-state index >= 15 is 0 Å². The van der Waals surface area contributed by atoms with Gasteiger partial charge in [0.05, 0.1) is 12.8 Å². The van der Waals surface area contributed by atoms with Gasteiger partial charge in [0.25, 0.3) is 0 Å². The van der Waals surface area contributed by atoms with Crippen LogP contribution in [0.25, 0.3) is 11.3 Å². The van der Waals surface area contributed by atoms with Gasteiger partial charge in [0.1, 0.15) is 5.75 Å². The molecule has 0 radical (unpaired) electrons. The lowest BCUT2D eigenvalue weighted by Crippen LogP contribution is -2.48. The first-order valence-corrected chi connectivity index (χ1v) is 9.09. The smallest absolute Gasteiger partial charge is 0.122 e. The van der Waals surface area contributed by atoms with Crippen molar-refractivity contribution in [2.75, 3.05) is 7.11 Å². The maximum absolute atomic E-state index is 5.61. The number of aromatic nitrogens is 1. The molecule has 1 aromatic heterocycles. The Morgan fingerprint density at radius 3 is 2.67 bits per heavy atom. The molecule has 0 spiro atoms. The van der Waals surface area contributed by atoms with E-state index < -0.39 is 0 Å². The summed E-state index contributed by atoms with van der Waals surface area (Å²) in [6, 6.07) is 8.81. The van der Waals surface area contributed by atoms with Gasteiger partial charge in [0, 0.05) is 11.8 Å². The molecular formula is C22H27NO. The first-order valence-electron chi connectivity index (χ1n) is 9.09. The molecule has 126 valence electrons. The van der Waals surface area contributed by atoms with E-state index in [0.29, 0.717) is 17.3 Å². The van der Waals surface area contributed by atoms with Gasteiger partial charge < -0.3 is 4.74 Å². The molecule has 0 N–H and O–H groups in total. The number of benzene rings is 1. The second kappa shape index (κ2) is 5.34. The van der Waals surface area contributed by atoms with Gasteiger partial charge in [0.2, 0.25) is 0 Å². The Morgan fingerprint density at radius 2 is 2.00 bits per heavy atom. The lowest BCUT2D eigenvalue weighted by atomic mass is 9.47. The number of pyridine rings is 1. The van der Waals surface area contributed by atoms with E-state index in [1.165, 1.54) is 29.5 Å². The molecule has 1 aromatic carbocycles. The zero-order valence-corrected chi connectivity index (χ0v) is 15.4. The third-order valence-electron chi connectivity index (χ3n) is 6.49. The molecule has 1 saturated carbocycles. The first-order chi connectivity index (χ1) is 11.4. The molecule has 0 aliphatic heterocycles. The Balaban J connectivity index is 1.72. The Hall–Kier alpha value is -1.83. The van der Waals surface area contributed by atoms with E-state index in [1.54, 1.807) is 7.11 Å². The maximum atomic E-state index is 5.61. The zero-order valence-electron chi connectivity index (χ0n) is 15.4. The quantitative estimate of drug-likeness (QED) is 0.737. The highest BCUT2D eigenvalue weighted by molar-refractivity contribution is 5.64. The van der Waals surface area contributed by atoms with Crippen LogP contribution in [0.2, 0.25) is 0 Å². The fourth-order valence-corrected chi connectivity index (χ4v) is 4.66. The average molecular weight is 321 g/mol. The monoisotopic (exact) mass is 321 g/mol. The Bertz CT molecular complexity index is 791. The molecule has 0 unspecified atom stereocenters. The Morgan fingerprint density at radius 1 is 1.21 bits per heavy atom. The molecular weight excluding hydrogens is 294 g/mol. The average Bonchev–Trinajstić information content (AvgIpc) is 2.59. The summed E-state index contributed by atoms with van der Waals surface area (Å²) in [6.45, 7) is 9.22. The number of hydrogen-bond acceptors (Lipinski definition) is 2. The van der Waals surface area contributed by atoms with E-state index in [0.717, 1.165) is 22.9 Å². The number of ether oxygens (including phenoxy) is 1. The lowest BCUT2D eigenvalue weighted by Gasteiger charge is -2.57. The topological polar surface area (TPSA) is 22.1 Å². The Kier molecular flexibility index (Phi) is 3.49. The molecule has 2 nitrogen and oxygen atoms in total. The van der Waals surface area contributed by atoms with Gasteiger partial charge in [-0.3, -0.25) is 4.98 Å². The van der Waals surface area contributed by atoms with Gasteiger partial charge in [-0.1, -0.05) is 39.8 Å². The minimum atomic E-state index is 0.457. The highest BCUT2D eigenvalue weighted by atomic mass is 16.5. The van der Waals surface area contributed by atoms with Crippen molar-refractivity contribution in [2.45, 2.75) is 52.4 Å². The summed E-state index contributed by atoms with van der Waals surface area (Å²) in [4.78, 5) is 4.80. The fraction of sp³-hybridized carbons (Fsp3) is 0.500. The van der Waals surface area contributed by atoms with Crippen LogP contribution in [0, 0.1) is 11.3 Å². The van der Waals surface area contributed by atoms with E-state index in [1.807, 2.05) is 0 Å². The van der Waals surface area contributed by atoms with Crippen LogP contribution >= 0.6 is 0 Å². The van der Waals surface area contributed by atoms with Gasteiger partial charge in [0.15, 0.2) is 0 Å². The van der Waals surface area contributed by atoms with Gasteiger partial charge >= 0.3 is 0 Å².